The van der Waals surface area contributed by atoms with Crippen molar-refractivity contribution in [2.24, 2.45) is 0 Å². The topological polar surface area (TPSA) is 26.0 Å². The second-order valence-electron chi connectivity index (χ2n) is 4.60. The lowest BCUT2D eigenvalue weighted by molar-refractivity contribution is 1.13. The van der Waals surface area contributed by atoms with Gasteiger partial charge in [0, 0.05) is 10.2 Å². The average Bonchev–Trinajstić information content (AvgIpc) is 3.13. The maximum Gasteiger partial charge on any atom is 0.0325 e. The summed E-state index contributed by atoms with van der Waals surface area (Å²) in [6.07, 6.45) is 2.65. The molecule has 2 heteroatoms. The first-order valence-corrected chi connectivity index (χ1v) is 6.69. The van der Waals surface area contributed by atoms with Gasteiger partial charge in [0.25, 0.3) is 0 Å². The number of rotatable bonds is 2. The molecule has 0 aromatic heterocycles. The molecule has 1 nitrogen and oxygen atoms in total. The van der Waals surface area contributed by atoms with Crippen molar-refractivity contribution in [2.75, 3.05) is 5.73 Å². The standard InChI is InChI=1S/C15H14BrN/c16-15-9-11(17)7-8-14(15)13-4-2-1-3-12(13)10-5-6-10/h1-4,7-10H,5-6,17H2. The van der Waals surface area contributed by atoms with Gasteiger partial charge in [-0.1, -0.05) is 46.3 Å². The largest absolute Gasteiger partial charge is 0.399 e. The third-order valence-electron chi connectivity index (χ3n) is 3.26. The van der Waals surface area contributed by atoms with E-state index in [1.807, 2.05) is 12.1 Å². The molecular weight excluding hydrogens is 274 g/mol. The normalized spacial score (nSPS) is 14.9. The number of benzene rings is 2. The van der Waals surface area contributed by atoms with Gasteiger partial charge in [0.05, 0.1) is 0 Å². The lowest BCUT2D eigenvalue weighted by atomic mass is 9.97. The van der Waals surface area contributed by atoms with Gasteiger partial charge in [-0.2, -0.15) is 0 Å². The Morgan fingerprint density at radius 3 is 2.47 bits per heavy atom. The van der Waals surface area contributed by atoms with Crippen LogP contribution in [-0.2, 0) is 0 Å². The Balaban J connectivity index is 2.14. The second kappa shape index (κ2) is 4.19. The minimum absolute atomic E-state index is 0.760. The zero-order chi connectivity index (χ0) is 11.8. The van der Waals surface area contributed by atoms with Crippen molar-refractivity contribution in [2.45, 2.75) is 18.8 Å². The van der Waals surface area contributed by atoms with Crippen molar-refractivity contribution in [1.82, 2.24) is 0 Å². The van der Waals surface area contributed by atoms with E-state index in [1.165, 1.54) is 29.5 Å². The smallest absolute Gasteiger partial charge is 0.0325 e. The highest BCUT2D eigenvalue weighted by Gasteiger charge is 2.26. The maximum absolute atomic E-state index is 5.79. The van der Waals surface area contributed by atoms with Crippen LogP contribution in [0.1, 0.15) is 24.3 Å². The molecule has 0 aliphatic heterocycles. The summed E-state index contributed by atoms with van der Waals surface area (Å²) in [5.41, 5.74) is 10.6. The lowest BCUT2D eigenvalue weighted by Gasteiger charge is -2.11. The van der Waals surface area contributed by atoms with Crippen molar-refractivity contribution < 1.29 is 0 Å². The summed E-state index contributed by atoms with van der Waals surface area (Å²) < 4.78 is 1.07. The number of halogens is 1. The molecule has 0 unspecified atom stereocenters. The van der Waals surface area contributed by atoms with Crippen molar-refractivity contribution in [3.05, 3.63) is 52.5 Å². The maximum atomic E-state index is 5.79. The fourth-order valence-electron chi connectivity index (χ4n) is 2.24. The first-order valence-electron chi connectivity index (χ1n) is 5.90. The Morgan fingerprint density at radius 1 is 1.00 bits per heavy atom. The molecule has 2 aromatic carbocycles. The van der Waals surface area contributed by atoms with Crippen LogP contribution in [0.2, 0.25) is 0 Å². The van der Waals surface area contributed by atoms with E-state index in [9.17, 15) is 0 Å². The summed E-state index contributed by atoms with van der Waals surface area (Å²) in [6, 6.07) is 14.7. The van der Waals surface area contributed by atoms with E-state index in [0.717, 1.165) is 16.1 Å². The van der Waals surface area contributed by atoms with Crippen LogP contribution >= 0.6 is 15.9 Å². The van der Waals surface area contributed by atoms with Crippen LogP contribution in [0.25, 0.3) is 11.1 Å². The minimum Gasteiger partial charge on any atom is -0.399 e. The second-order valence-corrected chi connectivity index (χ2v) is 5.46. The predicted molar refractivity (Wildman–Crippen MR) is 76.0 cm³/mol. The number of anilines is 1. The van der Waals surface area contributed by atoms with Crippen molar-refractivity contribution in [3.8, 4) is 11.1 Å². The zero-order valence-electron chi connectivity index (χ0n) is 9.49. The van der Waals surface area contributed by atoms with E-state index in [0.29, 0.717) is 0 Å². The zero-order valence-corrected chi connectivity index (χ0v) is 11.1. The van der Waals surface area contributed by atoms with Crippen LogP contribution in [0.3, 0.4) is 0 Å². The van der Waals surface area contributed by atoms with Gasteiger partial charge in [0.15, 0.2) is 0 Å². The van der Waals surface area contributed by atoms with E-state index < -0.39 is 0 Å². The fourth-order valence-corrected chi connectivity index (χ4v) is 2.85. The lowest BCUT2D eigenvalue weighted by Crippen LogP contribution is -1.90. The predicted octanol–water partition coefficient (Wildman–Crippen LogP) is 4.58. The molecule has 0 atom stereocenters. The fraction of sp³-hybridized carbons (Fsp3) is 0.200. The SMILES string of the molecule is Nc1ccc(-c2ccccc2C2CC2)c(Br)c1. The summed E-state index contributed by atoms with van der Waals surface area (Å²) in [5.74, 6) is 0.760. The molecule has 17 heavy (non-hydrogen) atoms. The molecule has 0 bridgehead atoms. The minimum atomic E-state index is 0.760. The van der Waals surface area contributed by atoms with Crippen LogP contribution in [0.15, 0.2) is 46.9 Å². The van der Waals surface area contributed by atoms with E-state index >= 15 is 0 Å². The highest BCUT2D eigenvalue weighted by atomic mass is 79.9. The Hall–Kier alpha value is -1.28. The summed E-state index contributed by atoms with van der Waals surface area (Å²) in [6.45, 7) is 0. The van der Waals surface area contributed by atoms with Crippen LogP contribution in [0.5, 0.6) is 0 Å². The summed E-state index contributed by atoms with van der Waals surface area (Å²) >= 11 is 3.61. The Bertz CT molecular complexity index is 559. The Kier molecular flexibility index (Phi) is 2.67. The van der Waals surface area contributed by atoms with Gasteiger partial charge in [-0.15, -0.1) is 0 Å². The molecule has 0 saturated heterocycles. The summed E-state index contributed by atoms with van der Waals surface area (Å²) in [7, 11) is 0. The van der Waals surface area contributed by atoms with Crippen LogP contribution < -0.4 is 5.73 Å². The van der Waals surface area contributed by atoms with Gasteiger partial charge in [-0.3, -0.25) is 0 Å². The monoisotopic (exact) mass is 287 g/mol. The van der Waals surface area contributed by atoms with E-state index in [4.69, 9.17) is 5.73 Å². The van der Waals surface area contributed by atoms with Gasteiger partial charge in [0.1, 0.15) is 0 Å². The number of hydrogen-bond acceptors (Lipinski definition) is 1. The molecule has 0 spiro atoms. The molecule has 3 rings (SSSR count). The van der Waals surface area contributed by atoms with Gasteiger partial charge >= 0.3 is 0 Å². The van der Waals surface area contributed by atoms with Crippen LogP contribution in [0, 0.1) is 0 Å². The molecule has 1 aliphatic carbocycles. The van der Waals surface area contributed by atoms with Gasteiger partial charge in [-0.25, -0.2) is 0 Å². The third kappa shape index (κ3) is 2.09. The van der Waals surface area contributed by atoms with Crippen molar-refractivity contribution >= 4 is 21.6 Å². The average molecular weight is 288 g/mol. The summed E-state index contributed by atoms with van der Waals surface area (Å²) in [4.78, 5) is 0. The molecular formula is C15H14BrN. The van der Waals surface area contributed by atoms with Crippen LogP contribution in [-0.4, -0.2) is 0 Å². The number of nitrogen functional groups attached to an aromatic ring is 1. The molecule has 1 saturated carbocycles. The highest BCUT2D eigenvalue weighted by Crippen LogP contribution is 2.45. The van der Waals surface area contributed by atoms with Crippen LogP contribution in [0.4, 0.5) is 5.69 Å². The molecule has 0 amide bonds. The Morgan fingerprint density at radius 2 is 1.76 bits per heavy atom. The molecule has 2 aromatic rings. The Labute approximate surface area is 110 Å². The highest BCUT2D eigenvalue weighted by molar-refractivity contribution is 9.10. The molecule has 0 heterocycles. The number of hydrogen-bond donors (Lipinski definition) is 1. The molecule has 1 fully saturated rings. The number of nitrogens with two attached hydrogens (primary N) is 1. The van der Waals surface area contributed by atoms with Crippen molar-refractivity contribution in [1.29, 1.82) is 0 Å². The van der Waals surface area contributed by atoms with E-state index in [-0.39, 0.29) is 0 Å². The van der Waals surface area contributed by atoms with Gasteiger partial charge in [0.2, 0.25) is 0 Å². The first-order chi connectivity index (χ1) is 8.25. The molecule has 0 radical (unpaired) electrons. The summed E-state index contributed by atoms with van der Waals surface area (Å²) in [5, 5.41) is 0. The third-order valence-corrected chi connectivity index (χ3v) is 3.92. The molecule has 86 valence electrons. The van der Waals surface area contributed by atoms with Gasteiger partial charge in [-0.05, 0) is 47.6 Å². The first kappa shape index (κ1) is 10.8. The molecule has 2 N–H and O–H groups in total. The van der Waals surface area contributed by atoms with Crippen molar-refractivity contribution in [3.63, 3.8) is 0 Å². The van der Waals surface area contributed by atoms with E-state index in [2.05, 4.69) is 46.3 Å². The molecule has 1 aliphatic rings. The quantitative estimate of drug-likeness (QED) is 0.804. The van der Waals surface area contributed by atoms with E-state index in [1.54, 1.807) is 0 Å². The van der Waals surface area contributed by atoms with Gasteiger partial charge < -0.3 is 5.73 Å².